The molecule has 0 aliphatic heterocycles. The topological polar surface area (TPSA) is 55.1 Å². The maximum atomic E-state index is 12.7. The monoisotopic (exact) mass is 248 g/mol. The molecule has 1 N–H and O–H groups in total. The van der Waals surface area contributed by atoms with Gasteiger partial charge in [-0.1, -0.05) is 12.1 Å². The van der Waals surface area contributed by atoms with Crippen molar-refractivity contribution < 1.29 is 13.6 Å². The molecule has 0 aliphatic carbocycles. The number of halogens is 1. The highest BCUT2D eigenvalue weighted by molar-refractivity contribution is 5.78. The van der Waals surface area contributed by atoms with Crippen molar-refractivity contribution in [1.29, 1.82) is 0 Å². The van der Waals surface area contributed by atoms with E-state index in [-0.39, 0.29) is 18.1 Å². The summed E-state index contributed by atoms with van der Waals surface area (Å²) in [5.41, 5.74) is 1.45. The molecule has 1 aromatic heterocycles. The van der Waals surface area contributed by atoms with Crippen LogP contribution in [0.25, 0.3) is 0 Å². The van der Waals surface area contributed by atoms with E-state index in [1.54, 1.807) is 19.1 Å². The average molecular weight is 248 g/mol. The number of hydrogen-bond acceptors (Lipinski definition) is 3. The van der Waals surface area contributed by atoms with Crippen LogP contribution in [0.1, 0.15) is 17.1 Å². The highest BCUT2D eigenvalue weighted by Crippen LogP contribution is 2.04. The smallest absolute Gasteiger partial charge is 0.224 e. The zero-order valence-electron chi connectivity index (χ0n) is 9.94. The summed E-state index contributed by atoms with van der Waals surface area (Å²) in [7, 11) is 0. The lowest BCUT2D eigenvalue weighted by atomic mass is 10.1. The molecule has 1 amide bonds. The van der Waals surface area contributed by atoms with Gasteiger partial charge in [-0.3, -0.25) is 4.79 Å². The van der Waals surface area contributed by atoms with Crippen molar-refractivity contribution in [2.75, 3.05) is 0 Å². The molecular weight excluding hydrogens is 235 g/mol. The van der Waals surface area contributed by atoms with Crippen molar-refractivity contribution in [2.45, 2.75) is 19.9 Å². The summed E-state index contributed by atoms with van der Waals surface area (Å²) in [5.74, 6) is 0.122. The predicted molar refractivity (Wildman–Crippen MR) is 63.2 cm³/mol. The van der Waals surface area contributed by atoms with Gasteiger partial charge in [0.05, 0.1) is 18.7 Å². The fourth-order valence-electron chi connectivity index (χ4n) is 1.53. The van der Waals surface area contributed by atoms with Crippen LogP contribution in [-0.4, -0.2) is 10.9 Å². The molecule has 0 saturated carbocycles. The van der Waals surface area contributed by atoms with Gasteiger partial charge in [0, 0.05) is 6.92 Å². The number of aryl methyl sites for hydroxylation is 1. The summed E-state index contributed by atoms with van der Waals surface area (Å²) < 4.78 is 17.7. The Hall–Kier alpha value is -2.17. The Labute approximate surface area is 104 Å². The largest absolute Gasteiger partial charge is 0.449 e. The van der Waals surface area contributed by atoms with Gasteiger partial charge >= 0.3 is 0 Å². The van der Waals surface area contributed by atoms with Crippen LogP contribution >= 0.6 is 0 Å². The number of carbonyl (C=O) groups excluding carboxylic acids is 1. The Balaban J connectivity index is 1.83. The minimum atomic E-state index is -0.308. The van der Waals surface area contributed by atoms with Gasteiger partial charge in [-0.05, 0) is 17.7 Å². The van der Waals surface area contributed by atoms with Gasteiger partial charge < -0.3 is 9.73 Å². The Morgan fingerprint density at radius 3 is 2.72 bits per heavy atom. The van der Waals surface area contributed by atoms with Gasteiger partial charge in [0.25, 0.3) is 0 Å². The number of aromatic nitrogens is 1. The maximum absolute atomic E-state index is 12.7. The number of rotatable bonds is 4. The summed E-state index contributed by atoms with van der Waals surface area (Å²) in [6, 6.07) is 5.86. The molecule has 1 heterocycles. The third-order valence-electron chi connectivity index (χ3n) is 2.41. The number of benzene rings is 1. The van der Waals surface area contributed by atoms with E-state index in [0.717, 1.165) is 5.56 Å². The number of nitrogens with zero attached hydrogens (tertiary/aromatic N) is 1. The van der Waals surface area contributed by atoms with E-state index in [1.807, 2.05) is 0 Å². The van der Waals surface area contributed by atoms with E-state index in [9.17, 15) is 9.18 Å². The third kappa shape index (κ3) is 3.41. The molecule has 1 aromatic carbocycles. The average Bonchev–Trinajstić information content (AvgIpc) is 2.76. The second kappa shape index (κ2) is 5.44. The zero-order chi connectivity index (χ0) is 13.0. The van der Waals surface area contributed by atoms with Crippen molar-refractivity contribution in [2.24, 2.45) is 0 Å². The summed E-state index contributed by atoms with van der Waals surface area (Å²) in [6.07, 6.45) is 1.73. The molecule has 0 fully saturated rings. The van der Waals surface area contributed by atoms with Crippen LogP contribution in [-0.2, 0) is 17.8 Å². The first-order chi connectivity index (χ1) is 8.63. The fourth-order valence-corrected chi connectivity index (χ4v) is 1.53. The van der Waals surface area contributed by atoms with E-state index >= 15 is 0 Å². The van der Waals surface area contributed by atoms with Gasteiger partial charge in [0.1, 0.15) is 12.1 Å². The van der Waals surface area contributed by atoms with Crippen LogP contribution in [0, 0.1) is 12.7 Å². The van der Waals surface area contributed by atoms with Crippen LogP contribution in [0.4, 0.5) is 4.39 Å². The molecule has 0 saturated heterocycles. The van der Waals surface area contributed by atoms with E-state index in [2.05, 4.69) is 10.3 Å². The number of amides is 1. The molecule has 0 atom stereocenters. The van der Waals surface area contributed by atoms with Crippen molar-refractivity contribution in [1.82, 2.24) is 10.3 Å². The van der Waals surface area contributed by atoms with Gasteiger partial charge in [-0.25, -0.2) is 9.37 Å². The summed E-state index contributed by atoms with van der Waals surface area (Å²) in [6.45, 7) is 2.07. The Morgan fingerprint density at radius 2 is 2.11 bits per heavy atom. The molecule has 4 nitrogen and oxygen atoms in total. The van der Waals surface area contributed by atoms with Crippen LogP contribution < -0.4 is 5.32 Å². The molecule has 94 valence electrons. The van der Waals surface area contributed by atoms with Crippen molar-refractivity contribution in [3.63, 3.8) is 0 Å². The number of oxazole rings is 1. The molecule has 0 unspecified atom stereocenters. The van der Waals surface area contributed by atoms with Gasteiger partial charge in [-0.2, -0.15) is 0 Å². The molecule has 0 radical (unpaired) electrons. The number of hydrogen-bond donors (Lipinski definition) is 1. The van der Waals surface area contributed by atoms with E-state index in [1.165, 1.54) is 18.4 Å². The highest BCUT2D eigenvalue weighted by atomic mass is 19.1. The van der Waals surface area contributed by atoms with Gasteiger partial charge in [0.2, 0.25) is 5.91 Å². The molecule has 5 heteroatoms. The SMILES string of the molecule is Cc1nc(CNC(=O)Cc2ccc(F)cc2)co1. The van der Waals surface area contributed by atoms with Crippen molar-refractivity contribution in [3.8, 4) is 0 Å². The molecule has 2 rings (SSSR count). The van der Waals surface area contributed by atoms with Crippen molar-refractivity contribution in [3.05, 3.63) is 53.5 Å². The first-order valence-corrected chi connectivity index (χ1v) is 5.55. The van der Waals surface area contributed by atoms with Crippen molar-refractivity contribution >= 4 is 5.91 Å². The van der Waals surface area contributed by atoms with E-state index in [4.69, 9.17) is 4.42 Å². The standard InChI is InChI=1S/C13H13FN2O2/c1-9-16-12(8-18-9)7-15-13(17)6-10-2-4-11(14)5-3-10/h2-5,8H,6-7H2,1H3,(H,15,17). The molecule has 0 aliphatic rings. The van der Waals surface area contributed by atoms with Crippen LogP contribution in [0.15, 0.2) is 34.9 Å². The van der Waals surface area contributed by atoms with Crippen LogP contribution in [0.3, 0.4) is 0 Å². The van der Waals surface area contributed by atoms with Crippen LogP contribution in [0.2, 0.25) is 0 Å². The number of nitrogens with one attached hydrogen (secondary N) is 1. The first kappa shape index (κ1) is 12.3. The normalized spacial score (nSPS) is 10.3. The summed E-state index contributed by atoms with van der Waals surface area (Å²) in [4.78, 5) is 15.7. The molecule has 2 aromatic rings. The quantitative estimate of drug-likeness (QED) is 0.900. The molecule has 0 spiro atoms. The first-order valence-electron chi connectivity index (χ1n) is 5.55. The van der Waals surface area contributed by atoms with Gasteiger partial charge in [0.15, 0.2) is 5.89 Å². The molecular formula is C13H13FN2O2. The summed E-state index contributed by atoms with van der Waals surface area (Å²) in [5, 5.41) is 2.72. The molecule has 18 heavy (non-hydrogen) atoms. The Kier molecular flexibility index (Phi) is 3.72. The lowest BCUT2D eigenvalue weighted by Gasteiger charge is -2.03. The summed E-state index contributed by atoms with van der Waals surface area (Å²) >= 11 is 0. The van der Waals surface area contributed by atoms with Crippen LogP contribution in [0.5, 0.6) is 0 Å². The fraction of sp³-hybridized carbons (Fsp3) is 0.231. The predicted octanol–water partition coefficient (Wildman–Crippen LogP) is 1.98. The Bertz CT molecular complexity index is 534. The lowest BCUT2D eigenvalue weighted by Crippen LogP contribution is -2.24. The van der Waals surface area contributed by atoms with E-state index in [0.29, 0.717) is 18.1 Å². The third-order valence-corrected chi connectivity index (χ3v) is 2.41. The maximum Gasteiger partial charge on any atom is 0.224 e. The number of carbonyl (C=O) groups is 1. The highest BCUT2D eigenvalue weighted by Gasteiger charge is 2.05. The Morgan fingerprint density at radius 1 is 1.39 bits per heavy atom. The van der Waals surface area contributed by atoms with E-state index < -0.39 is 0 Å². The molecule has 0 bridgehead atoms. The van der Waals surface area contributed by atoms with Gasteiger partial charge in [-0.15, -0.1) is 0 Å². The second-order valence-electron chi connectivity index (χ2n) is 3.94. The second-order valence-corrected chi connectivity index (χ2v) is 3.94. The minimum absolute atomic E-state index is 0.137. The minimum Gasteiger partial charge on any atom is -0.449 e. The lowest BCUT2D eigenvalue weighted by molar-refractivity contribution is -0.120. The zero-order valence-corrected chi connectivity index (χ0v) is 9.94.